The lowest BCUT2D eigenvalue weighted by Gasteiger charge is -2.34. The van der Waals surface area contributed by atoms with Crippen molar-refractivity contribution in [2.24, 2.45) is 11.7 Å². The van der Waals surface area contributed by atoms with Gasteiger partial charge in [-0.25, -0.2) is 0 Å². The minimum Gasteiger partial charge on any atom is -0.382 e. The lowest BCUT2D eigenvalue weighted by atomic mass is 9.87. The maximum atomic E-state index is 12.3. The van der Waals surface area contributed by atoms with E-state index in [1.165, 1.54) is 21.0 Å². The van der Waals surface area contributed by atoms with Gasteiger partial charge in [-0.15, -0.1) is 0 Å². The number of ether oxygens (including phenoxy) is 1. The summed E-state index contributed by atoms with van der Waals surface area (Å²) in [4.78, 5) is 0. The Balaban J connectivity index is 4.62. The minimum atomic E-state index is -4.42. The van der Waals surface area contributed by atoms with E-state index in [4.69, 9.17) is 5.73 Å². The van der Waals surface area contributed by atoms with E-state index in [1.54, 1.807) is 0 Å². The third kappa shape index (κ3) is 2.10. The monoisotopic (exact) mass is 185 g/mol. The van der Waals surface area contributed by atoms with Gasteiger partial charge in [0.2, 0.25) is 0 Å². The maximum absolute atomic E-state index is 12.3. The first-order valence-corrected chi connectivity index (χ1v) is 3.60. The van der Waals surface area contributed by atoms with Crippen LogP contribution in [0.15, 0.2) is 0 Å². The highest BCUT2D eigenvalue weighted by Crippen LogP contribution is 2.34. The zero-order valence-electron chi connectivity index (χ0n) is 7.40. The molecule has 0 radical (unpaired) electrons. The second kappa shape index (κ2) is 3.62. The van der Waals surface area contributed by atoms with Gasteiger partial charge in [0.15, 0.2) is 0 Å². The maximum Gasteiger partial charge on any atom is 0.408 e. The second-order valence-electron chi connectivity index (χ2n) is 3.13. The van der Waals surface area contributed by atoms with Crippen molar-refractivity contribution in [2.45, 2.75) is 25.6 Å². The number of methoxy groups -OCH3 is 1. The topological polar surface area (TPSA) is 35.2 Å². The fourth-order valence-electron chi connectivity index (χ4n) is 0.815. The Morgan fingerprint density at radius 3 is 1.83 bits per heavy atom. The average Bonchev–Trinajstić information content (AvgIpc) is 1.85. The standard InChI is InChI=1S/C7H14F3NO/c1-5(2)6(11,4-12-3)7(8,9)10/h5H,4,11H2,1-3H3. The molecule has 2 N–H and O–H groups in total. The van der Waals surface area contributed by atoms with Crippen LogP contribution in [0.25, 0.3) is 0 Å². The number of rotatable bonds is 3. The molecule has 0 spiro atoms. The normalized spacial score (nSPS) is 18.0. The summed E-state index contributed by atoms with van der Waals surface area (Å²) in [5.41, 5.74) is 2.94. The molecule has 0 bridgehead atoms. The van der Waals surface area contributed by atoms with Crippen LogP contribution in [-0.4, -0.2) is 25.4 Å². The summed E-state index contributed by atoms with van der Waals surface area (Å²) in [6.45, 7) is 2.34. The van der Waals surface area contributed by atoms with Crippen molar-refractivity contribution in [3.05, 3.63) is 0 Å². The Morgan fingerprint density at radius 1 is 1.33 bits per heavy atom. The molecule has 0 aliphatic rings. The van der Waals surface area contributed by atoms with Crippen LogP contribution in [0.1, 0.15) is 13.8 Å². The van der Waals surface area contributed by atoms with Gasteiger partial charge in [0, 0.05) is 7.11 Å². The van der Waals surface area contributed by atoms with E-state index in [0.29, 0.717) is 0 Å². The number of nitrogens with two attached hydrogens (primary N) is 1. The summed E-state index contributed by atoms with van der Waals surface area (Å²) in [7, 11) is 1.20. The van der Waals surface area contributed by atoms with Crippen LogP contribution in [0.3, 0.4) is 0 Å². The molecule has 2 nitrogen and oxygen atoms in total. The molecule has 5 heteroatoms. The zero-order chi connectivity index (χ0) is 9.99. The SMILES string of the molecule is COCC(N)(C(C)C)C(F)(F)F. The molecule has 1 atom stereocenters. The van der Waals surface area contributed by atoms with Crippen LogP contribution < -0.4 is 5.73 Å². The van der Waals surface area contributed by atoms with E-state index < -0.39 is 24.2 Å². The predicted octanol–water partition coefficient (Wildman–Crippen LogP) is 1.55. The van der Waals surface area contributed by atoms with Gasteiger partial charge < -0.3 is 10.5 Å². The third-order valence-electron chi connectivity index (χ3n) is 1.94. The molecule has 0 saturated carbocycles. The molecule has 0 aliphatic heterocycles. The Morgan fingerprint density at radius 2 is 1.75 bits per heavy atom. The molecule has 0 saturated heterocycles. The number of hydrogen-bond acceptors (Lipinski definition) is 2. The van der Waals surface area contributed by atoms with Crippen molar-refractivity contribution in [2.75, 3.05) is 13.7 Å². The quantitative estimate of drug-likeness (QED) is 0.724. The molecule has 0 amide bonds. The van der Waals surface area contributed by atoms with Crippen molar-refractivity contribution in [1.82, 2.24) is 0 Å². The Labute approximate surface area is 69.9 Å². The fourth-order valence-corrected chi connectivity index (χ4v) is 0.815. The third-order valence-corrected chi connectivity index (χ3v) is 1.94. The van der Waals surface area contributed by atoms with Crippen molar-refractivity contribution in [3.8, 4) is 0 Å². The van der Waals surface area contributed by atoms with Gasteiger partial charge in [-0.1, -0.05) is 13.8 Å². The molecule has 0 aliphatic carbocycles. The smallest absolute Gasteiger partial charge is 0.382 e. The van der Waals surface area contributed by atoms with E-state index in [-0.39, 0.29) is 0 Å². The van der Waals surface area contributed by atoms with Gasteiger partial charge >= 0.3 is 6.18 Å². The molecule has 1 unspecified atom stereocenters. The van der Waals surface area contributed by atoms with Crippen molar-refractivity contribution in [3.63, 3.8) is 0 Å². The summed E-state index contributed by atoms with van der Waals surface area (Å²) in [5.74, 6) is -0.697. The van der Waals surface area contributed by atoms with Crippen LogP contribution in [-0.2, 0) is 4.74 Å². The first kappa shape index (κ1) is 11.7. The van der Waals surface area contributed by atoms with E-state index in [2.05, 4.69) is 4.74 Å². The first-order chi connectivity index (χ1) is 5.25. The highest BCUT2D eigenvalue weighted by Gasteiger charge is 2.53. The lowest BCUT2D eigenvalue weighted by molar-refractivity contribution is -0.210. The van der Waals surface area contributed by atoms with E-state index in [1.807, 2.05) is 0 Å². The van der Waals surface area contributed by atoms with Crippen LogP contribution >= 0.6 is 0 Å². The lowest BCUT2D eigenvalue weighted by Crippen LogP contribution is -2.60. The number of hydrogen-bond donors (Lipinski definition) is 1. The Kier molecular flexibility index (Phi) is 3.53. The number of halogens is 3. The molecule has 0 aromatic heterocycles. The highest BCUT2D eigenvalue weighted by molar-refractivity contribution is 4.94. The highest BCUT2D eigenvalue weighted by atomic mass is 19.4. The van der Waals surface area contributed by atoms with Gasteiger partial charge in [-0.3, -0.25) is 0 Å². The molecular weight excluding hydrogens is 171 g/mol. The van der Waals surface area contributed by atoms with Crippen molar-refractivity contribution >= 4 is 0 Å². The van der Waals surface area contributed by atoms with Crippen molar-refractivity contribution < 1.29 is 17.9 Å². The van der Waals surface area contributed by atoms with Crippen LogP contribution in [0.5, 0.6) is 0 Å². The second-order valence-corrected chi connectivity index (χ2v) is 3.13. The summed E-state index contributed by atoms with van der Waals surface area (Å²) in [6, 6.07) is 0. The molecule has 0 aromatic rings. The molecule has 0 fully saturated rings. The molecule has 0 heterocycles. The van der Waals surface area contributed by atoms with Crippen LogP contribution in [0.2, 0.25) is 0 Å². The van der Waals surface area contributed by atoms with Crippen LogP contribution in [0, 0.1) is 5.92 Å². The summed E-state index contributed by atoms with van der Waals surface area (Å²) in [6.07, 6.45) is -4.42. The Hall–Kier alpha value is -0.290. The largest absolute Gasteiger partial charge is 0.408 e. The van der Waals surface area contributed by atoms with Gasteiger partial charge in [-0.05, 0) is 5.92 Å². The van der Waals surface area contributed by atoms with E-state index >= 15 is 0 Å². The van der Waals surface area contributed by atoms with Crippen LogP contribution in [0.4, 0.5) is 13.2 Å². The molecule has 74 valence electrons. The fraction of sp³-hybridized carbons (Fsp3) is 1.00. The average molecular weight is 185 g/mol. The van der Waals surface area contributed by atoms with Crippen molar-refractivity contribution in [1.29, 1.82) is 0 Å². The van der Waals surface area contributed by atoms with Gasteiger partial charge in [-0.2, -0.15) is 13.2 Å². The summed E-state index contributed by atoms with van der Waals surface area (Å²) >= 11 is 0. The first-order valence-electron chi connectivity index (χ1n) is 3.60. The zero-order valence-corrected chi connectivity index (χ0v) is 7.40. The molecular formula is C7H14F3NO. The van der Waals surface area contributed by atoms with Gasteiger partial charge in [0.05, 0.1) is 6.61 Å². The van der Waals surface area contributed by atoms with E-state index in [9.17, 15) is 13.2 Å². The number of alkyl halides is 3. The van der Waals surface area contributed by atoms with Gasteiger partial charge in [0.1, 0.15) is 5.54 Å². The summed E-state index contributed by atoms with van der Waals surface area (Å²) < 4.78 is 41.5. The summed E-state index contributed by atoms with van der Waals surface area (Å²) in [5, 5.41) is 0. The minimum absolute atomic E-state index is 0.506. The Bertz CT molecular complexity index is 146. The van der Waals surface area contributed by atoms with Gasteiger partial charge in [0.25, 0.3) is 0 Å². The van der Waals surface area contributed by atoms with E-state index in [0.717, 1.165) is 0 Å². The predicted molar refractivity (Wildman–Crippen MR) is 39.7 cm³/mol. The molecule has 0 aromatic carbocycles. The molecule has 12 heavy (non-hydrogen) atoms. The molecule has 0 rings (SSSR count).